The predicted molar refractivity (Wildman–Crippen MR) is 78.0 cm³/mol. The van der Waals surface area contributed by atoms with Crippen LogP contribution < -0.4 is 14.8 Å². The lowest BCUT2D eigenvalue weighted by atomic mass is 10.1. The molecule has 2 aromatic carbocycles. The van der Waals surface area contributed by atoms with Crippen molar-refractivity contribution in [2.45, 2.75) is 6.54 Å². The Morgan fingerprint density at radius 3 is 2.62 bits per heavy atom. The molecular formula is C16H15FN2O2. The highest BCUT2D eigenvalue weighted by Gasteiger charge is 2.10. The Bertz CT molecular complexity index is 680. The number of halogens is 1. The Hall–Kier alpha value is -2.74. The van der Waals surface area contributed by atoms with Crippen LogP contribution in [0.3, 0.4) is 0 Å². The van der Waals surface area contributed by atoms with Gasteiger partial charge in [0, 0.05) is 12.1 Å². The van der Waals surface area contributed by atoms with Crippen molar-refractivity contribution in [1.29, 1.82) is 5.26 Å². The average molecular weight is 286 g/mol. The van der Waals surface area contributed by atoms with Crippen molar-refractivity contribution >= 4 is 5.69 Å². The largest absolute Gasteiger partial charge is 0.493 e. The van der Waals surface area contributed by atoms with Gasteiger partial charge in [0.1, 0.15) is 5.82 Å². The second kappa shape index (κ2) is 6.62. The molecule has 0 bridgehead atoms. The molecule has 0 aromatic heterocycles. The molecule has 21 heavy (non-hydrogen) atoms. The van der Waals surface area contributed by atoms with Crippen molar-refractivity contribution in [2.24, 2.45) is 0 Å². The summed E-state index contributed by atoms with van der Waals surface area (Å²) in [5, 5.41) is 11.7. The summed E-state index contributed by atoms with van der Waals surface area (Å²) in [6.45, 7) is 0.378. The third-order valence-electron chi connectivity index (χ3n) is 3.05. The van der Waals surface area contributed by atoms with Gasteiger partial charge in [0.05, 0.1) is 31.5 Å². The number of para-hydroxylation sites is 1. The van der Waals surface area contributed by atoms with E-state index in [4.69, 9.17) is 14.7 Å². The zero-order chi connectivity index (χ0) is 15.2. The van der Waals surface area contributed by atoms with Crippen LogP contribution in [0, 0.1) is 17.1 Å². The second-order valence-corrected chi connectivity index (χ2v) is 4.31. The summed E-state index contributed by atoms with van der Waals surface area (Å²) in [4.78, 5) is 0. The van der Waals surface area contributed by atoms with E-state index in [0.717, 1.165) is 5.56 Å². The van der Waals surface area contributed by atoms with E-state index in [0.29, 0.717) is 23.7 Å². The first kappa shape index (κ1) is 14.7. The molecule has 2 aromatic rings. The van der Waals surface area contributed by atoms with Crippen LogP contribution in [0.15, 0.2) is 36.4 Å². The Morgan fingerprint density at radius 2 is 2.00 bits per heavy atom. The number of methoxy groups -OCH3 is 2. The monoisotopic (exact) mass is 286 g/mol. The number of rotatable bonds is 5. The highest BCUT2D eigenvalue weighted by Crippen LogP contribution is 2.31. The zero-order valence-corrected chi connectivity index (χ0v) is 11.8. The molecule has 0 radical (unpaired) electrons. The summed E-state index contributed by atoms with van der Waals surface area (Å²) in [6.07, 6.45) is 0. The van der Waals surface area contributed by atoms with Gasteiger partial charge in [-0.2, -0.15) is 5.26 Å². The maximum atomic E-state index is 13.8. The number of hydrogen-bond acceptors (Lipinski definition) is 4. The van der Waals surface area contributed by atoms with Crippen molar-refractivity contribution in [2.75, 3.05) is 19.5 Å². The number of nitrogens with one attached hydrogen (secondary N) is 1. The minimum atomic E-state index is -0.462. The highest BCUT2D eigenvalue weighted by atomic mass is 19.1. The molecule has 0 aliphatic heterocycles. The van der Waals surface area contributed by atoms with E-state index < -0.39 is 5.82 Å². The SMILES string of the molecule is COc1cccc(CNc2ccc(C#N)cc2F)c1OC. The summed E-state index contributed by atoms with van der Waals surface area (Å²) in [5.74, 6) is 0.773. The lowest BCUT2D eigenvalue weighted by molar-refractivity contribution is 0.352. The normalized spacial score (nSPS) is 9.81. The van der Waals surface area contributed by atoms with Gasteiger partial charge < -0.3 is 14.8 Å². The second-order valence-electron chi connectivity index (χ2n) is 4.31. The molecule has 0 fully saturated rings. The van der Waals surface area contributed by atoms with E-state index in [9.17, 15) is 4.39 Å². The fraction of sp³-hybridized carbons (Fsp3) is 0.188. The molecule has 0 unspecified atom stereocenters. The molecule has 0 saturated carbocycles. The van der Waals surface area contributed by atoms with E-state index in [-0.39, 0.29) is 5.56 Å². The van der Waals surface area contributed by atoms with Gasteiger partial charge in [0.2, 0.25) is 0 Å². The van der Waals surface area contributed by atoms with E-state index >= 15 is 0 Å². The number of hydrogen-bond donors (Lipinski definition) is 1. The highest BCUT2D eigenvalue weighted by molar-refractivity contribution is 5.52. The third-order valence-corrected chi connectivity index (χ3v) is 3.05. The Kier molecular flexibility index (Phi) is 4.62. The molecule has 0 aliphatic carbocycles. The molecule has 0 spiro atoms. The van der Waals surface area contributed by atoms with Gasteiger partial charge in [0.25, 0.3) is 0 Å². The minimum absolute atomic E-state index is 0.289. The summed E-state index contributed by atoms with van der Waals surface area (Å²) in [6, 6.07) is 11.7. The van der Waals surface area contributed by atoms with Crippen molar-refractivity contribution in [3.05, 3.63) is 53.3 Å². The average Bonchev–Trinajstić information content (AvgIpc) is 2.52. The van der Waals surface area contributed by atoms with Gasteiger partial charge in [-0.3, -0.25) is 0 Å². The standard InChI is InChI=1S/C16H15FN2O2/c1-20-15-5-3-4-12(16(15)21-2)10-19-14-7-6-11(9-18)8-13(14)17/h3-8,19H,10H2,1-2H3. The molecule has 0 heterocycles. The summed E-state index contributed by atoms with van der Waals surface area (Å²) in [5.41, 5.74) is 1.47. The fourth-order valence-electron chi connectivity index (χ4n) is 2.01. The first-order valence-corrected chi connectivity index (χ1v) is 6.33. The first-order chi connectivity index (χ1) is 10.2. The molecule has 0 atom stereocenters. The van der Waals surface area contributed by atoms with Gasteiger partial charge in [-0.1, -0.05) is 12.1 Å². The Labute approximate surface area is 122 Å². The fourth-order valence-corrected chi connectivity index (χ4v) is 2.01. The van der Waals surface area contributed by atoms with Crippen molar-refractivity contribution < 1.29 is 13.9 Å². The summed E-state index contributed by atoms with van der Waals surface area (Å²) < 4.78 is 24.3. The van der Waals surface area contributed by atoms with Crippen molar-refractivity contribution in [1.82, 2.24) is 0 Å². The Balaban J connectivity index is 2.19. The summed E-state index contributed by atoms with van der Waals surface area (Å²) >= 11 is 0. The maximum Gasteiger partial charge on any atom is 0.165 e. The minimum Gasteiger partial charge on any atom is -0.493 e. The van der Waals surface area contributed by atoms with Gasteiger partial charge in [0.15, 0.2) is 11.5 Å². The molecule has 0 saturated heterocycles. The van der Waals surface area contributed by atoms with E-state index in [1.807, 2.05) is 18.2 Å². The van der Waals surface area contributed by atoms with Crippen LogP contribution in [-0.4, -0.2) is 14.2 Å². The maximum absolute atomic E-state index is 13.8. The number of nitriles is 1. The molecular weight excluding hydrogens is 271 g/mol. The van der Waals surface area contributed by atoms with Gasteiger partial charge in [-0.05, 0) is 24.3 Å². The van der Waals surface area contributed by atoms with Gasteiger partial charge in [-0.25, -0.2) is 4.39 Å². The first-order valence-electron chi connectivity index (χ1n) is 6.33. The molecule has 2 rings (SSSR count). The smallest absolute Gasteiger partial charge is 0.165 e. The predicted octanol–water partition coefficient (Wildman–Crippen LogP) is 3.33. The van der Waals surface area contributed by atoms with Gasteiger partial charge >= 0.3 is 0 Å². The molecule has 1 N–H and O–H groups in total. The van der Waals surface area contributed by atoms with Crippen LogP contribution in [-0.2, 0) is 6.54 Å². The van der Waals surface area contributed by atoms with Crippen LogP contribution >= 0.6 is 0 Å². The Morgan fingerprint density at radius 1 is 1.19 bits per heavy atom. The number of nitrogens with zero attached hydrogens (tertiary/aromatic N) is 1. The lowest BCUT2D eigenvalue weighted by Gasteiger charge is -2.14. The third kappa shape index (κ3) is 3.23. The number of anilines is 1. The van der Waals surface area contributed by atoms with Crippen LogP contribution in [0.2, 0.25) is 0 Å². The molecule has 4 nitrogen and oxygen atoms in total. The molecule has 108 valence electrons. The quantitative estimate of drug-likeness (QED) is 0.916. The lowest BCUT2D eigenvalue weighted by Crippen LogP contribution is -2.04. The van der Waals surface area contributed by atoms with Crippen molar-refractivity contribution in [3.8, 4) is 17.6 Å². The molecule has 0 aliphatic rings. The number of benzene rings is 2. The van der Waals surface area contributed by atoms with Gasteiger partial charge in [-0.15, -0.1) is 0 Å². The van der Waals surface area contributed by atoms with Crippen LogP contribution in [0.1, 0.15) is 11.1 Å². The number of ether oxygens (including phenoxy) is 2. The van der Waals surface area contributed by atoms with Crippen LogP contribution in [0.25, 0.3) is 0 Å². The van der Waals surface area contributed by atoms with Crippen LogP contribution in [0.4, 0.5) is 10.1 Å². The van der Waals surface area contributed by atoms with Crippen molar-refractivity contribution in [3.63, 3.8) is 0 Å². The summed E-state index contributed by atoms with van der Waals surface area (Å²) in [7, 11) is 3.12. The van der Waals surface area contributed by atoms with E-state index in [1.54, 1.807) is 32.4 Å². The topological polar surface area (TPSA) is 54.3 Å². The van der Waals surface area contributed by atoms with E-state index in [1.165, 1.54) is 6.07 Å². The van der Waals surface area contributed by atoms with Crippen LogP contribution in [0.5, 0.6) is 11.5 Å². The zero-order valence-electron chi connectivity index (χ0n) is 11.8. The molecule has 0 amide bonds. The van der Waals surface area contributed by atoms with E-state index in [2.05, 4.69) is 5.32 Å². The molecule has 5 heteroatoms.